The molecule has 0 atom stereocenters. The van der Waals surface area contributed by atoms with Gasteiger partial charge in [-0.2, -0.15) is 0 Å². The molecule has 0 bridgehead atoms. The summed E-state index contributed by atoms with van der Waals surface area (Å²) in [7, 11) is 1.54. The number of nitrogens with zero attached hydrogens (tertiary/aromatic N) is 1. The van der Waals surface area contributed by atoms with E-state index in [4.69, 9.17) is 38.0 Å². The molecule has 1 fully saturated rings. The van der Waals surface area contributed by atoms with E-state index in [0.29, 0.717) is 32.4 Å². The Morgan fingerprint density at radius 1 is 1.23 bits per heavy atom. The summed E-state index contributed by atoms with van der Waals surface area (Å²) in [6, 6.07) is 12.8. The Morgan fingerprint density at radius 3 is 2.71 bits per heavy atom. The second-order valence-corrected chi connectivity index (χ2v) is 8.45. The smallest absolute Gasteiger partial charge is 0.326 e. The van der Waals surface area contributed by atoms with Crippen molar-refractivity contribution in [3.05, 3.63) is 63.5 Å². The van der Waals surface area contributed by atoms with Gasteiger partial charge >= 0.3 is 5.97 Å². The van der Waals surface area contributed by atoms with Crippen LogP contribution in [-0.4, -0.2) is 41.4 Å². The van der Waals surface area contributed by atoms with Crippen LogP contribution >= 0.6 is 35.6 Å². The van der Waals surface area contributed by atoms with E-state index in [-0.39, 0.29) is 19.1 Å². The molecular formula is C22H20ClNO5S2. The van der Waals surface area contributed by atoms with Crippen LogP contribution in [0, 0.1) is 0 Å². The monoisotopic (exact) mass is 477 g/mol. The number of benzene rings is 2. The quantitative estimate of drug-likeness (QED) is 0.310. The number of halogens is 1. The Balaban J connectivity index is 1.74. The van der Waals surface area contributed by atoms with Crippen LogP contribution in [0.25, 0.3) is 6.08 Å². The number of hydrogen-bond acceptors (Lipinski definition) is 7. The second kappa shape index (κ2) is 10.7. The van der Waals surface area contributed by atoms with E-state index in [1.165, 1.54) is 4.90 Å². The van der Waals surface area contributed by atoms with E-state index in [2.05, 4.69) is 0 Å². The van der Waals surface area contributed by atoms with Gasteiger partial charge in [0.1, 0.15) is 17.5 Å². The molecular weight excluding hydrogens is 458 g/mol. The van der Waals surface area contributed by atoms with Gasteiger partial charge in [0.05, 0.1) is 18.6 Å². The van der Waals surface area contributed by atoms with Crippen LogP contribution < -0.4 is 9.47 Å². The van der Waals surface area contributed by atoms with E-state index in [0.717, 1.165) is 22.9 Å². The van der Waals surface area contributed by atoms with E-state index in [9.17, 15) is 9.59 Å². The first-order valence-electron chi connectivity index (χ1n) is 9.38. The van der Waals surface area contributed by atoms with Crippen LogP contribution in [0.2, 0.25) is 5.02 Å². The molecule has 1 heterocycles. The molecule has 0 spiro atoms. The molecule has 1 aliphatic heterocycles. The first-order chi connectivity index (χ1) is 14.9. The summed E-state index contributed by atoms with van der Waals surface area (Å²) in [5.41, 5.74) is 1.60. The van der Waals surface area contributed by atoms with Crippen molar-refractivity contribution < 1.29 is 23.8 Å². The minimum Gasteiger partial charge on any atom is -0.493 e. The van der Waals surface area contributed by atoms with Crippen molar-refractivity contribution in [3.8, 4) is 11.5 Å². The SMILES string of the molecule is CCOC(=O)CN1C(=O)/C(=C/c2ccc(OCc3ccccc3Cl)c(OC)c2)SC1=S. The highest BCUT2D eigenvalue weighted by molar-refractivity contribution is 8.26. The van der Waals surface area contributed by atoms with Crippen LogP contribution in [0.4, 0.5) is 0 Å². The lowest BCUT2D eigenvalue weighted by Crippen LogP contribution is -2.34. The van der Waals surface area contributed by atoms with E-state index < -0.39 is 5.97 Å². The van der Waals surface area contributed by atoms with Crippen molar-refractivity contribution in [3.63, 3.8) is 0 Å². The molecule has 0 N–H and O–H groups in total. The highest BCUT2D eigenvalue weighted by Crippen LogP contribution is 2.35. The molecule has 162 valence electrons. The lowest BCUT2D eigenvalue weighted by molar-refractivity contribution is -0.145. The van der Waals surface area contributed by atoms with Crippen LogP contribution in [0.5, 0.6) is 11.5 Å². The normalized spacial score (nSPS) is 14.8. The molecule has 3 rings (SSSR count). The Morgan fingerprint density at radius 2 is 2.00 bits per heavy atom. The fourth-order valence-electron chi connectivity index (χ4n) is 2.79. The molecule has 0 aromatic heterocycles. The number of thiocarbonyl (C=S) groups is 1. The molecule has 2 aromatic carbocycles. The van der Waals surface area contributed by atoms with E-state index in [1.54, 1.807) is 38.3 Å². The molecule has 6 nitrogen and oxygen atoms in total. The van der Waals surface area contributed by atoms with E-state index in [1.807, 2.05) is 24.3 Å². The second-order valence-electron chi connectivity index (χ2n) is 6.36. The van der Waals surface area contributed by atoms with Crippen molar-refractivity contribution in [1.29, 1.82) is 0 Å². The van der Waals surface area contributed by atoms with Gasteiger partial charge in [0.15, 0.2) is 11.5 Å². The van der Waals surface area contributed by atoms with Gasteiger partial charge in [-0.05, 0) is 36.8 Å². The molecule has 0 unspecified atom stereocenters. The minimum absolute atomic E-state index is 0.200. The molecule has 31 heavy (non-hydrogen) atoms. The molecule has 1 saturated heterocycles. The zero-order chi connectivity index (χ0) is 22.4. The van der Waals surface area contributed by atoms with Gasteiger partial charge in [-0.1, -0.05) is 59.8 Å². The Bertz CT molecular complexity index is 1040. The first kappa shape index (κ1) is 23.1. The Kier molecular flexibility index (Phi) is 7.95. The minimum atomic E-state index is -0.498. The first-order valence-corrected chi connectivity index (χ1v) is 11.0. The van der Waals surface area contributed by atoms with Crippen molar-refractivity contribution in [2.75, 3.05) is 20.3 Å². The molecule has 0 radical (unpaired) electrons. The van der Waals surface area contributed by atoms with Gasteiger partial charge in [-0.15, -0.1) is 0 Å². The zero-order valence-electron chi connectivity index (χ0n) is 16.9. The lowest BCUT2D eigenvalue weighted by Gasteiger charge is -2.13. The molecule has 1 amide bonds. The molecule has 0 saturated carbocycles. The third-order valence-corrected chi connectivity index (χ3v) is 6.04. The van der Waals surface area contributed by atoms with Gasteiger partial charge in [0.25, 0.3) is 5.91 Å². The maximum Gasteiger partial charge on any atom is 0.326 e. The summed E-state index contributed by atoms with van der Waals surface area (Å²) >= 11 is 12.6. The molecule has 2 aromatic rings. The van der Waals surface area contributed by atoms with Crippen molar-refractivity contribution in [2.45, 2.75) is 13.5 Å². The maximum atomic E-state index is 12.6. The summed E-state index contributed by atoms with van der Waals surface area (Å²) in [5.74, 6) is 0.236. The third-order valence-electron chi connectivity index (χ3n) is 4.29. The number of amides is 1. The van der Waals surface area contributed by atoms with Crippen molar-refractivity contribution >= 4 is 57.9 Å². The highest BCUT2D eigenvalue weighted by atomic mass is 35.5. The van der Waals surface area contributed by atoms with Gasteiger partial charge in [-0.3, -0.25) is 14.5 Å². The summed E-state index contributed by atoms with van der Waals surface area (Å²) in [6.45, 7) is 2.04. The van der Waals surface area contributed by atoms with Gasteiger partial charge < -0.3 is 14.2 Å². The summed E-state index contributed by atoms with van der Waals surface area (Å²) in [6.07, 6.45) is 1.70. The van der Waals surface area contributed by atoms with Crippen LogP contribution in [-0.2, 0) is 20.9 Å². The summed E-state index contributed by atoms with van der Waals surface area (Å²) in [5, 5.41) is 0.628. The third kappa shape index (κ3) is 5.78. The number of esters is 1. The zero-order valence-corrected chi connectivity index (χ0v) is 19.3. The number of rotatable bonds is 8. The predicted octanol–water partition coefficient (Wildman–Crippen LogP) is 4.69. The molecule has 9 heteroatoms. The number of methoxy groups -OCH3 is 1. The van der Waals surface area contributed by atoms with Gasteiger partial charge in [0.2, 0.25) is 0 Å². The number of thioether (sulfide) groups is 1. The van der Waals surface area contributed by atoms with Crippen LogP contribution in [0.15, 0.2) is 47.4 Å². The molecule has 0 aliphatic carbocycles. The van der Waals surface area contributed by atoms with Gasteiger partial charge in [0, 0.05) is 10.6 Å². The summed E-state index contributed by atoms with van der Waals surface area (Å²) in [4.78, 5) is 26.0. The lowest BCUT2D eigenvalue weighted by atomic mass is 10.1. The predicted molar refractivity (Wildman–Crippen MR) is 125 cm³/mol. The average molecular weight is 478 g/mol. The van der Waals surface area contributed by atoms with Crippen LogP contribution in [0.1, 0.15) is 18.1 Å². The Labute approximate surface area is 195 Å². The average Bonchev–Trinajstić information content (AvgIpc) is 3.01. The fourth-order valence-corrected chi connectivity index (χ4v) is 4.23. The Hall–Kier alpha value is -2.55. The molecule has 1 aliphatic rings. The largest absolute Gasteiger partial charge is 0.493 e. The fraction of sp³-hybridized carbons (Fsp3) is 0.227. The number of ether oxygens (including phenoxy) is 3. The summed E-state index contributed by atoms with van der Waals surface area (Å²) < 4.78 is 16.5. The number of hydrogen-bond donors (Lipinski definition) is 0. The van der Waals surface area contributed by atoms with Gasteiger partial charge in [-0.25, -0.2) is 0 Å². The standard InChI is InChI=1S/C22H20ClNO5S2/c1-3-28-20(25)12-24-21(26)19(31-22(24)30)11-14-8-9-17(18(10-14)27-2)29-13-15-6-4-5-7-16(15)23/h4-11H,3,12-13H2,1-2H3/b19-11-. The van der Waals surface area contributed by atoms with Crippen molar-refractivity contribution in [2.24, 2.45) is 0 Å². The number of carbonyl (C=O) groups excluding carboxylic acids is 2. The topological polar surface area (TPSA) is 65.1 Å². The number of carbonyl (C=O) groups is 2. The highest BCUT2D eigenvalue weighted by Gasteiger charge is 2.33. The van der Waals surface area contributed by atoms with E-state index >= 15 is 0 Å². The van der Waals surface area contributed by atoms with Crippen molar-refractivity contribution in [1.82, 2.24) is 4.90 Å². The van der Waals surface area contributed by atoms with Crippen LogP contribution in [0.3, 0.4) is 0 Å². The maximum absolute atomic E-state index is 12.6.